The van der Waals surface area contributed by atoms with Crippen LogP contribution >= 0.6 is 0 Å². The van der Waals surface area contributed by atoms with E-state index in [-0.39, 0.29) is 18.0 Å². The van der Waals surface area contributed by atoms with Gasteiger partial charge in [0.1, 0.15) is 17.3 Å². The monoisotopic (exact) mass is 405 g/mol. The molecule has 0 bridgehead atoms. The smallest absolute Gasteiger partial charge is 0.257 e. The lowest BCUT2D eigenvalue weighted by molar-refractivity contribution is 0.0729. The van der Waals surface area contributed by atoms with E-state index in [0.717, 1.165) is 16.8 Å². The average molecular weight is 405 g/mol. The summed E-state index contributed by atoms with van der Waals surface area (Å²) in [6, 6.07) is 12.9. The maximum absolute atomic E-state index is 13.1. The van der Waals surface area contributed by atoms with Crippen LogP contribution in [0, 0.1) is 6.92 Å². The summed E-state index contributed by atoms with van der Waals surface area (Å²) in [5, 5.41) is 0. The van der Waals surface area contributed by atoms with Crippen molar-refractivity contribution in [1.29, 1.82) is 0 Å². The van der Waals surface area contributed by atoms with Crippen LogP contribution < -0.4 is 15.0 Å². The van der Waals surface area contributed by atoms with E-state index in [2.05, 4.69) is 9.97 Å². The Bertz CT molecular complexity index is 1150. The summed E-state index contributed by atoms with van der Waals surface area (Å²) >= 11 is 0. The zero-order valence-corrected chi connectivity index (χ0v) is 17.2. The van der Waals surface area contributed by atoms with E-state index < -0.39 is 0 Å². The fourth-order valence-corrected chi connectivity index (χ4v) is 3.59. The molecule has 7 heteroatoms. The zero-order valence-electron chi connectivity index (χ0n) is 17.2. The molecule has 30 heavy (non-hydrogen) atoms. The van der Waals surface area contributed by atoms with Crippen molar-refractivity contribution in [3.63, 3.8) is 0 Å². The first-order chi connectivity index (χ1) is 14.5. The molecule has 154 valence electrons. The standard InChI is InChI=1S/C23H23N3O4/c1-14-4-6-15(7-5-14)21-24-19-10-11-26(13-18(19)22(27)25-21)23(28)17-9-8-16(29-2)12-20(17)30-3/h4-9,12H,10-11,13H2,1-3H3,(H,24,25,27). The Morgan fingerprint density at radius 2 is 1.87 bits per heavy atom. The quantitative estimate of drug-likeness (QED) is 0.721. The summed E-state index contributed by atoms with van der Waals surface area (Å²) in [4.78, 5) is 35.0. The Morgan fingerprint density at radius 3 is 2.57 bits per heavy atom. The van der Waals surface area contributed by atoms with Crippen molar-refractivity contribution in [2.24, 2.45) is 0 Å². The Kier molecular flexibility index (Phi) is 5.27. The van der Waals surface area contributed by atoms with E-state index >= 15 is 0 Å². The third-order valence-corrected chi connectivity index (χ3v) is 5.32. The number of aromatic nitrogens is 2. The van der Waals surface area contributed by atoms with Gasteiger partial charge in [0.2, 0.25) is 0 Å². The normalized spacial score (nSPS) is 13.0. The minimum atomic E-state index is -0.213. The largest absolute Gasteiger partial charge is 0.497 e. The molecule has 1 aliphatic rings. The highest BCUT2D eigenvalue weighted by Gasteiger charge is 2.27. The molecular formula is C23H23N3O4. The number of rotatable bonds is 4. The topological polar surface area (TPSA) is 84.5 Å². The van der Waals surface area contributed by atoms with Gasteiger partial charge >= 0.3 is 0 Å². The van der Waals surface area contributed by atoms with Gasteiger partial charge in [0, 0.05) is 24.6 Å². The number of hydrogen-bond donors (Lipinski definition) is 1. The van der Waals surface area contributed by atoms with Crippen LogP contribution in [0.15, 0.2) is 47.3 Å². The molecule has 0 aliphatic carbocycles. The van der Waals surface area contributed by atoms with Gasteiger partial charge in [0.15, 0.2) is 0 Å². The number of carbonyl (C=O) groups is 1. The van der Waals surface area contributed by atoms with Gasteiger partial charge in [-0.3, -0.25) is 9.59 Å². The minimum Gasteiger partial charge on any atom is -0.497 e. The molecule has 1 N–H and O–H groups in total. The highest BCUT2D eigenvalue weighted by Crippen LogP contribution is 2.27. The molecule has 2 heterocycles. The lowest BCUT2D eigenvalue weighted by atomic mass is 10.0. The predicted molar refractivity (Wildman–Crippen MR) is 113 cm³/mol. The van der Waals surface area contributed by atoms with Crippen molar-refractivity contribution >= 4 is 5.91 Å². The van der Waals surface area contributed by atoms with Crippen molar-refractivity contribution < 1.29 is 14.3 Å². The second-order valence-electron chi connectivity index (χ2n) is 7.25. The number of hydrogen-bond acceptors (Lipinski definition) is 5. The summed E-state index contributed by atoms with van der Waals surface area (Å²) in [7, 11) is 3.07. The molecule has 0 atom stereocenters. The Labute approximate surface area is 174 Å². The number of H-pyrrole nitrogens is 1. The van der Waals surface area contributed by atoms with Crippen molar-refractivity contribution in [2.45, 2.75) is 19.9 Å². The molecule has 0 saturated carbocycles. The van der Waals surface area contributed by atoms with Crippen molar-refractivity contribution in [3.05, 3.63) is 75.2 Å². The first kappa shape index (κ1) is 19.7. The second-order valence-corrected chi connectivity index (χ2v) is 7.25. The fraction of sp³-hybridized carbons (Fsp3) is 0.261. The number of nitrogens with one attached hydrogen (secondary N) is 1. The van der Waals surface area contributed by atoms with Gasteiger partial charge in [-0.1, -0.05) is 29.8 Å². The Balaban J connectivity index is 1.62. The number of nitrogens with zero attached hydrogens (tertiary/aromatic N) is 2. The van der Waals surface area contributed by atoms with E-state index in [4.69, 9.17) is 9.47 Å². The Hall–Kier alpha value is -3.61. The molecule has 7 nitrogen and oxygen atoms in total. The summed E-state index contributed by atoms with van der Waals surface area (Å²) in [5.41, 5.74) is 3.49. The van der Waals surface area contributed by atoms with Crippen LogP contribution in [-0.4, -0.2) is 41.5 Å². The first-order valence-electron chi connectivity index (χ1n) is 9.70. The SMILES string of the molecule is COc1ccc(C(=O)N2CCc3nc(-c4ccc(C)cc4)[nH]c(=O)c3C2)c(OC)c1. The lowest BCUT2D eigenvalue weighted by Gasteiger charge is -2.28. The molecule has 4 rings (SSSR count). The summed E-state index contributed by atoms with van der Waals surface area (Å²) < 4.78 is 10.6. The molecule has 0 unspecified atom stereocenters. The Morgan fingerprint density at radius 1 is 1.10 bits per heavy atom. The number of methoxy groups -OCH3 is 2. The number of benzene rings is 2. The molecule has 0 spiro atoms. The number of aromatic amines is 1. The predicted octanol–water partition coefficient (Wildman–Crippen LogP) is 2.96. The van der Waals surface area contributed by atoms with Crippen LogP contribution in [0.2, 0.25) is 0 Å². The van der Waals surface area contributed by atoms with Crippen molar-refractivity contribution in [2.75, 3.05) is 20.8 Å². The average Bonchev–Trinajstić information content (AvgIpc) is 2.78. The fourth-order valence-electron chi connectivity index (χ4n) is 3.59. The van der Waals surface area contributed by atoms with Crippen molar-refractivity contribution in [1.82, 2.24) is 14.9 Å². The number of aryl methyl sites for hydroxylation is 1. The molecule has 1 aromatic heterocycles. The number of amides is 1. The molecule has 2 aromatic carbocycles. The maximum Gasteiger partial charge on any atom is 0.257 e. The maximum atomic E-state index is 13.1. The van der Waals surface area contributed by atoms with E-state index in [1.165, 1.54) is 7.11 Å². The molecule has 0 fully saturated rings. The number of carbonyl (C=O) groups excluding carboxylic acids is 1. The third kappa shape index (κ3) is 3.66. The number of fused-ring (bicyclic) bond motifs is 1. The van der Waals surface area contributed by atoms with E-state index in [0.29, 0.717) is 41.4 Å². The summed E-state index contributed by atoms with van der Waals surface area (Å²) in [6.07, 6.45) is 0.516. The van der Waals surface area contributed by atoms with Gasteiger partial charge in [0.25, 0.3) is 11.5 Å². The van der Waals surface area contributed by atoms with Gasteiger partial charge in [-0.25, -0.2) is 4.98 Å². The molecule has 3 aromatic rings. The van der Waals surface area contributed by atoms with Crippen LogP contribution in [0.4, 0.5) is 0 Å². The second kappa shape index (κ2) is 8.02. The van der Waals surface area contributed by atoms with Gasteiger partial charge in [0.05, 0.1) is 37.6 Å². The highest BCUT2D eigenvalue weighted by molar-refractivity contribution is 5.97. The van der Waals surface area contributed by atoms with Crippen LogP contribution in [0.3, 0.4) is 0 Å². The van der Waals surface area contributed by atoms with Gasteiger partial charge in [-0.2, -0.15) is 0 Å². The van der Waals surface area contributed by atoms with Gasteiger partial charge in [-0.15, -0.1) is 0 Å². The molecule has 0 saturated heterocycles. The van der Waals surface area contributed by atoms with Gasteiger partial charge < -0.3 is 19.4 Å². The first-order valence-corrected chi connectivity index (χ1v) is 9.70. The van der Waals surface area contributed by atoms with Crippen molar-refractivity contribution in [3.8, 4) is 22.9 Å². The highest BCUT2D eigenvalue weighted by atomic mass is 16.5. The van der Waals surface area contributed by atoms with Gasteiger partial charge in [-0.05, 0) is 19.1 Å². The molecule has 0 radical (unpaired) electrons. The molecule has 1 amide bonds. The van der Waals surface area contributed by atoms with Crippen LogP contribution in [0.1, 0.15) is 27.2 Å². The van der Waals surface area contributed by atoms with E-state index in [1.54, 1.807) is 30.2 Å². The van der Waals surface area contributed by atoms with E-state index in [9.17, 15) is 9.59 Å². The third-order valence-electron chi connectivity index (χ3n) is 5.32. The summed E-state index contributed by atoms with van der Waals surface area (Å²) in [5.74, 6) is 1.40. The van der Waals surface area contributed by atoms with Crippen LogP contribution in [-0.2, 0) is 13.0 Å². The lowest BCUT2D eigenvalue weighted by Crippen LogP contribution is -2.39. The zero-order chi connectivity index (χ0) is 21.3. The minimum absolute atomic E-state index is 0.192. The van der Waals surface area contributed by atoms with E-state index in [1.807, 2.05) is 31.2 Å². The molecular weight excluding hydrogens is 382 g/mol. The van der Waals surface area contributed by atoms with Crippen LogP contribution in [0.25, 0.3) is 11.4 Å². The molecule has 1 aliphatic heterocycles. The van der Waals surface area contributed by atoms with Crippen LogP contribution in [0.5, 0.6) is 11.5 Å². The number of ether oxygens (including phenoxy) is 2. The summed E-state index contributed by atoms with van der Waals surface area (Å²) in [6.45, 7) is 2.70.